The fraction of sp³-hybridized carbons (Fsp3) is 0.654. The van der Waals surface area contributed by atoms with E-state index in [4.69, 9.17) is 4.74 Å². The predicted octanol–water partition coefficient (Wildman–Crippen LogP) is 4.80. The quantitative estimate of drug-likeness (QED) is 0.544. The van der Waals surface area contributed by atoms with Crippen LogP contribution in [-0.2, 0) is 14.3 Å². The Kier molecular flexibility index (Phi) is 9.94. The first kappa shape index (κ1) is 28.5. The molecular weight excluding hydrogens is 418 g/mol. The van der Waals surface area contributed by atoms with E-state index in [9.17, 15) is 14.4 Å². The normalized spacial score (nSPS) is 13.6. The van der Waals surface area contributed by atoms with E-state index in [1.807, 2.05) is 52.8 Å². The molecular formula is C26H43N3O4. The topological polar surface area (TPSA) is 87.7 Å². The molecule has 7 nitrogen and oxygen atoms in total. The van der Waals surface area contributed by atoms with Crippen molar-refractivity contribution in [3.05, 3.63) is 34.9 Å². The maximum absolute atomic E-state index is 13.7. The maximum Gasteiger partial charge on any atom is 0.408 e. The van der Waals surface area contributed by atoms with E-state index < -0.39 is 29.3 Å². The minimum atomic E-state index is -0.879. The Labute approximate surface area is 199 Å². The average molecular weight is 462 g/mol. The number of unbranched alkanes of at least 4 members (excludes halogenated alkanes) is 1. The third-order valence-electron chi connectivity index (χ3n) is 5.12. The first-order valence-corrected chi connectivity index (χ1v) is 11.8. The number of aryl methyl sites for hydroxylation is 2. The Bertz CT molecular complexity index is 837. The lowest BCUT2D eigenvalue weighted by atomic mass is 9.92. The number of nitrogens with zero attached hydrogens (tertiary/aromatic N) is 1. The summed E-state index contributed by atoms with van der Waals surface area (Å²) in [5, 5.41) is 5.62. The molecule has 186 valence electrons. The molecule has 0 saturated carbocycles. The fourth-order valence-electron chi connectivity index (χ4n) is 3.61. The highest BCUT2D eigenvalue weighted by Gasteiger charge is 2.41. The number of rotatable bonds is 8. The van der Waals surface area contributed by atoms with Gasteiger partial charge in [-0.2, -0.15) is 0 Å². The summed E-state index contributed by atoms with van der Waals surface area (Å²) in [4.78, 5) is 41.0. The highest BCUT2D eigenvalue weighted by Crippen LogP contribution is 2.32. The van der Waals surface area contributed by atoms with Crippen molar-refractivity contribution in [2.45, 2.75) is 105 Å². The second-order valence-electron chi connectivity index (χ2n) is 10.7. The zero-order valence-electron chi connectivity index (χ0n) is 22.1. The minimum absolute atomic E-state index is 0.233. The van der Waals surface area contributed by atoms with Crippen LogP contribution in [0.4, 0.5) is 4.79 Å². The van der Waals surface area contributed by atoms with Crippen molar-refractivity contribution < 1.29 is 19.1 Å². The summed E-state index contributed by atoms with van der Waals surface area (Å²) >= 11 is 0. The van der Waals surface area contributed by atoms with Crippen LogP contribution < -0.4 is 10.6 Å². The van der Waals surface area contributed by atoms with Gasteiger partial charge in [-0.1, -0.05) is 37.1 Å². The van der Waals surface area contributed by atoms with E-state index in [0.717, 1.165) is 29.5 Å². The lowest BCUT2D eigenvalue weighted by Crippen LogP contribution is -2.58. The van der Waals surface area contributed by atoms with Crippen molar-refractivity contribution in [2.75, 3.05) is 6.54 Å². The lowest BCUT2D eigenvalue weighted by Gasteiger charge is -2.43. The molecule has 0 aliphatic heterocycles. The molecule has 0 fully saturated rings. The highest BCUT2D eigenvalue weighted by atomic mass is 16.6. The standard InChI is InChI=1S/C26H43N3O4/c1-11-12-15-27-22(30)21(20-14-13-17(2)16-18(20)3)29(25(5,6)7)23(31)19(4)28-24(32)33-26(8,9)10/h13-14,16,19,21H,11-12,15H2,1-10H3,(H,27,30)(H,28,32). The van der Waals surface area contributed by atoms with Crippen molar-refractivity contribution in [3.8, 4) is 0 Å². The average Bonchev–Trinajstić information content (AvgIpc) is 2.63. The van der Waals surface area contributed by atoms with E-state index in [1.165, 1.54) is 0 Å². The number of carbonyl (C=O) groups excluding carboxylic acids is 3. The van der Waals surface area contributed by atoms with Crippen molar-refractivity contribution in [3.63, 3.8) is 0 Å². The molecule has 1 rings (SSSR count). The van der Waals surface area contributed by atoms with Crippen molar-refractivity contribution in [1.82, 2.24) is 15.5 Å². The SMILES string of the molecule is CCCCNC(=O)C(c1ccc(C)cc1C)N(C(=O)C(C)NC(=O)OC(C)(C)C)C(C)(C)C. The van der Waals surface area contributed by atoms with Crippen LogP contribution in [0.1, 0.15) is 91.0 Å². The third-order valence-corrected chi connectivity index (χ3v) is 5.12. The molecule has 0 heterocycles. The first-order chi connectivity index (χ1) is 15.1. The Morgan fingerprint density at radius 3 is 2.15 bits per heavy atom. The summed E-state index contributed by atoms with van der Waals surface area (Å²) in [6.45, 7) is 19.1. The molecule has 1 aromatic carbocycles. The van der Waals surface area contributed by atoms with Crippen LogP contribution in [0.25, 0.3) is 0 Å². The van der Waals surface area contributed by atoms with Crippen LogP contribution in [0.3, 0.4) is 0 Å². The van der Waals surface area contributed by atoms with Gasteiger partial charge in [-0.05, 0) is 79.9 Å². The largest absolute Gasteiger partial charge is 0.444 e. The maximum atomic E-state index is 13.7. The number of hydrogen-bond acceptors (Lipinski definition) is 4. The third kappa shape index (κ3) is 8.71. The second kappa shape index (κ2) is 11.5. The van der Waals surface area contributed by atoms with Gasteiger partial charge in [0.25, 0.3) is 0 Å². The molecule has 2 N–H and O–H groups in total. The number of amides is 3. The molecule has 7 heteroatoms. The summed E-state index contributed by atoms with van der Waals surface area (Å²) in [5.41, 5.74) is 1.40. The highest BCUT2D eigenvalue weighted by molar-refractivity contribution is 5.92. The van der Waals surface area contributed by atoms with Crippen molar-refractivity contribution in [2.24, 2.45) is 0 Å². The lowest BCUT2D eigenvalue weighted by molar-refractivity contribution is -0.148. The fourth-order valence-corrected chi connectivity index (χ4v) is 3.61. The van der Waals surface area contributed by atoms with Gasteiger partial charge in [0.2, 0.25) is 11.8 Å². The van der Waals surface area contributed by atoms with Gasteiger partial charge >= 0.3 is 6.09 Å². The number of ether oxygens (including phenoxy) is 1. The summed E-state index contributed by atoms with van der Waals surface area (Å²) in [6, 6.07) is 4.15. The summed E-state index contributed by atoms with van der Waals surface area (Å²) in [7, 11) is 0. The van der Waals surface area contributed by atoms with Crippen LogP contribution in [0, 0.1) is 13.8 Å². The van der Waals surface area contributed by atoms with E-state index >= 15 is 0 Å². The summed E-state index contributed by atoms with van der Waals surface area (Å²) < 4.78 is 5.31. The Hall–Kier alpha value is -2.57. The number of nitrogens with one attached hydrogen (secondary N) is 2. The van der Waals surface area contributed by atoms with Gasteiger partial charge in [-0.25, -0.2) is 4.79 Å². The van der Waals surface area contributed by atoms with E-state index in [-0.39, 0.29) is 11.8 Å². The van der Waals surface area contributed by atoms with Gasteiger partial charge in [0.05, 0.1) is 0 Å². The van der Waals surface area contributed by atoms with E-state index in [2.05, 4.69) is 17.6 Å². The number of benzene rings is 1. The van der Waals surface area contributed by atoms with Crippen LogP contribution in [0.5, 0.6) is 0 Å². The van der Waals surface area contributed by atoms with Crippen LogP contribution in [-0.4, -0.2) is 46.5 Å². The van der Waals surface area contributed by atoms with E-state index in [1.54, 1.807) is 32.6 Å². The molecule has 2 atom stereocenters. The van der Waals surface area contributed by atoms with Crippen LogP contribution in [0.2, 0.25) is 0 Å². The van der Waals surface area contributed by atoms with Crippen molar-refractivity contribution in [1.29, 1.82) is 0 Å². The summed E-state index contributed by atoms with van der Waals surface area (Å²) in [5.74, 6) is -0.591. The zero-order valence-corrected chi connectivity index (χ0v) is 22.1. The van der Waals surface area contributed by atoms with Gasteiger partial charge in [-0.15, -0.1) is 0 Å². The number of carbonyl (C=O) groups is 3. The Morgan fingerprint density at radius 2 is 1.67 bits per heavy atom. The molecule has 0 radical (unpaired) electrons. The Balaban J connectivity index is 3.41. The molecule has 0 aromatic heterocycles. The van der Waals surface area contributed by atoms with Gasteiger partial charge < -0.3 is 20.3 Å². The van der Waals surface area contributed by atoms with Crippen molar-refractivity contribution >= 4 is 17.9 Å². The molecule has 0 aliphatic carbocycles. The molecule has 33 heavy (non-hydrogen) atoms. The molecule has 0 bridgehead atoms. The molecule has 1 aromatic rings. The van der Waals surface area contributed by atoms with E-state index in [0.29, 0.717) is 6.54 Å². The van der Waals surface area contributed by atoms with Gasteiger partial charge in [-0.3, -0.25) is 9.59 Å². The molecule has 0 saturated heterocycles. The van der Waals surface area contributed by atoms with Gasteiger partial charge in [0, 0.05) is 12.1 Å². The zero-order chi connectivity index (χ0) is 25.6. The predicted molar refractivity (Wildman–Crippen MR) is 132 cm³/mol. The second-order valence-corrected chi connectivity index (χ2v) is 10.7. The molecule has 0 spiro atoms. The minimum Gasteiger partial charge on any atom is -0.444 e. The number of hydrogen-bond donors (Lipinski definition) is 2. The molecule has 2 unspecified atom stereocenters. The smallest absolute Gasteiger partial charge is 0.408 e. The van der Waals surface area contributed by atoms with Gasteiger partial charge in [0.15, 0.2) is 0 Å². The van der Waals surface area contributed by atoms with Crippen LogP contribution in [0.15, 0.2) is 18.2 Å². The Morgan fingerprint density at radius 1 is 1.06 bits per heavy atom. The van der Waals surface area contributed by atoms with Crippen LogP contribution >= 0.6 is 0 Å². The summed E-state index contributed by atoms with van der Waals surface area (Å²) in [6.07, 6.45) is 1.13. The molecule has 3 amide bonds. The first-order valence-electron chi connectivity index (χ1n) is 11.8. The number of alkyl carbamates (subject to hydrolysis) is 1. The molecule has 0 aliphatic rings. The van der Waals surface area contributed by atoms with Gasteiger partial charge in [0.1, 0.15) is 17.7 Å². The monoisotopic (exact) mass is 461 g/mol.